The van der Waals surface area contributed by atoms with E-state index in [1.54, 1.807) is 24.1 Å². The van der Waals surface area contributed by atoms with Crippen LogP contribution in [-0.2, 0) is 9.84 Å². The summed E-state index contributed by atoms with van der Waals surface area (Å²) in [6, 6.07) is 5.39. The number of hydrogen-bond donors (Lipinski definition) is 1. The third kappa shape index (κ3) is 3.31. The highest BCUT2D eigenvalue weighted by Gasteiger charge is 2.11. The highest BCUT2D eigenvalue weighted by molar-refractivity contribution is 7.90. The third-order valence-electron chi connectivity index (χ3n) is 2.80. The van der Waals surface area contributed by atoms with Gasteiger partial charge in [-0.1, -0.05) is 0 Å². The number of fused-ring (bicyclic) bond motifs is 1. The molecule has 2 N–H and O–H groups in total. The van der Waals surface area contributed by atoms with Crippen molar-refractivity contribution in [3.63, 3.8) is 0 Å². The second-order valence-corrected chi connectivity index (χ2v) is 6.79. The van der Waals surface area contributed by atoms with E-state index in [9.17, 15) is 8.42 Å². The van der Waals surface area contributed by atoms with Gasteiger partial charge in [-0.05, 0) is 18.2 Å². The molecule has 6 nitrogen and oxygen atoms in total. The number of nitrogens with zero attached hydrogens (tertiary/aromatic N) is 3. The van der Waals surface area contributed by atoms with Gasteiger partial charge >= 0.3 is 0 Å². The molecule has 102 valence electrons. The molecule has 1 heterocycles. The summed E-state index contributed by atoms with van der Waals surface area (Å²) < 4.78 is 22.4. The van der Waals surface area contributed by atoms with Gasteiger partial charge < -0.3 is 10.6 Å². The minimum atomic E-state index is -3.00. The van der Waals surface area contributed by atoms with Crippen LogP contribution in [0.25, 0.3) is 10.9 Å². The summed E-state index contributed by atoms with van der Waals surface area (Å²) in [7, 11) is -1.20. The van der Waals surface area contributed by atoms with Crippen molar-refractivity contribution in [1.82, 2.24) is 9.97 Å². The molecule has 0 fully saturated rings. The molecule has 0 bridgehead atoms. The minimum Gasteiger partial charge on any atom is -0.399 e. The van der Waals surface area contributed by atoms with E-state index in [0.29, 0.717) is 18.1 Å². The average molecular weight is 280 g/mol. The van der Waals surface area contributed by atoms with Gasteiger partial charge in [-0.25, -0.2) is 18.4 Å². The minimum absolute atomic E-state index is 0.0807. The Balaban J connectivity index is 2.36. The molecule has 2 aromatic rings. The lowest BCUT2D eigenvalue weighted by Gasteiger charge is -2.19. The van der Waals surface area contributed by atoms with Crippen LogP contribution in [-0.4, -0.2) is 44.0 Å². The van der Waals surface area contributed by atoms with E-state index in [2.05, 4.69) is 9.97 Å². The second kappa shape index (κ2) is 5.00. The molecule has 2 rings (SSSR count). The molecule has 0 spiro atoms. The van der Waals surface area contributed by atoms with Gasteiger partial charge in [0.2, 0.25) is 0 Å². The molecule has 0 amide bonds. The molecule has 19 heavy (non-hydrogen) atoms. The molecule has 0 aliphatic rings. The molecular formula is C12H16N4O2S. The number of anilines is 2. The smallest absolute Gasteiger partial charge is 0.149 e. The van der Waals surface area contributed by atoms with Crippen molar-refractivity contribution in [3.05, 3.63) is 24.5 Å². The maximum Gasteiger partial charge on any atom is 0.149 e. The molecule has 0 aliphatic carbocycles. The zero-order valence-electron chi connectivity index (χ0n) is 10.9. The van der Waals surface area contributed by atoms with E-state index >= 15 is 0 Å². The zero-order chi connectivity index (χ0) is 14.0. The lowest BCUT2D eigenvalue weighted by molar-refractivity contribution is 0.601. The maximum atomic E-state index is 11.2. The van der Waals surface area contributed by atoms with Crippen molar-refractivity contribution in [3.8, 4) is 0 Å². The van der Waals surface area contributed by atoms with Crippen LogP contribution in [0.1, 0.15) is 0 Å². The van der Waals surface area contributed by atoms with Crippen molar-refractivity contribution in [1.29, 1.82) is 0 Å². The summed E-state index contributed by atoms with van der Waals surface area (Å²) in [5, 5.41) is 0.818. The molecule has 7 heteroatoms. The van der Waals surface area contributed by atoms with E-state index in [4.69, 9.17) is 5.73 Å². The SMILES string of the molecule is CN(CCS(C)(=O)=O)c1ncnc2ccc(N)cc12. The van der Waals surface area contributed by atoms with Gasteiger partial charge in [-0.3, -0.25) is 0 Å². The molecule has 1 aromatic heterocycles. The fraction of sp³-hybridized carbons (Fsp3) is 0.333. The average Bonchev–Trinajstić information content (AvgIpc) is 2.34. The highest BCUT2D eigenvalue weighted by atomic mass is 32.2. The van der Waals surface area contributed by atoms with Crippen LogP contribution in [0.3, 0.4) is 0 Å². The van der Waals surface area contributed by atoms with Gasteiger partial charge in [0.25, 0.3) is 0 Å². The summed E-state index contributed by atoms with van der Waals surface area (Å²) in [6.45, 7) is 0.375. The predicted molar refractivity (Wildman–Crippen MR) is 76.9 cm³/mol. The molecule has 0 saturated carbocycles. The molecule has 1 aromatic carbocycles. The van der Waals surface area contributed by atoms with Gasteiger partial charge in [0.1, 0.15) is 22.0 Å². The van der Waals surface area contributed by atoms with Crippen LogP contribution >= 0.6 is 0 Å². The largest absolute Gasteiger partial charge is 0.399 e. The third-order valence-corrected chi connectivity index (χ3v) is 3.72. The van der Waals surface area contributed by atoms with Crippen LogP contribution in [0.5, 0.6) is 0 Å². The Morgan fingerprint density at radius 1 is 1.32 bits per heavy atom. The Bertz CT molecular complexity index is 700. The first-order valence-corrected chi connectivity index (χ1v) is 7.82. The summed E-state index contributed by atoms with van der Waals surface area (Å²) in [5.74, 6) is 0.762. The summed E-state index contributed by atoms with van der Waals surface area (Å²) >= 11 is 0. The summed E-state index contributed by atoms with van der Waals surface area (Å²) in [6.07, 6.45) is 2.68. The van der Waals surface area contributed by atoms with Crippen LogP contribution in [0, 0.1) is 0 Å². The first-order valence-electron chi connectivity index (χ1n) is 5.76. The van der Waals surface area contributed by atoms with Crippen LogP contribution in [0.2, 0.25) is 0 Å². The lowest BCUT2D eigenvalue weighted by Crippen LogP contribution is -2.25. The van der Waals surface area contributed by atoms with E-state index in [0.717, 1.165) is 10.9 Å². The number of nitrogens with two attached hydrogens (primary N) is 1. The van der Waals surface area contributed by atoms with E-state index < -0.39 is 9.84 Å². The van der Waals surface area contributed by atoms with Crippen molar-refractivity contribution in [2.45, 2.75) is 0 Å². The Morgan fingerprint density at radius 2 is 2.05 bits per heavy atom. The first kappa shape index (κ1) is 13.5. The fourth-order valence-electron chi connectivity index (χ4n) is 1.77. The van der Waals surface area contributed by atoms with Crippen LogP contribution < -0.4 is 10.6 Å². The zero-order valence-corrected chi connectivity index (χ0v) is 11.7. The monoisotopic (exact) mass is 280 g/mol. The lowest BCUT2D eigenvalue weighted by atomic mass is 10.2. The summed E-state index contributed by atoms with van der Waals surface area (Å²) in [4.78, 5) is 10.2. The van der Waals surface area contributed by atoms with E-state index in [1.807, 2.05) is 6.07 Å². The van der Waals surface area contributed by atoms with Crippen molar-refractivity contribution in [2.75, 3.05) is 36.2 Å². The summed E-state index contributed by atoms with van der Waals surface area (Å²) in [5.41, 5.74) is 7.17. The number of rotatable bonds is 4. The van der Waals surface area contributed by atoms with Crippen LogP contribution in [0.4, 0.5) is 11.5 Å². The molecule has 0 unspecified atom stereocenters. The van der Waals surface area contributed by atoms with Crippen LogP contribution in [0.15, 0.2) is 24.5 Å². The molecule has 0 radical (unpaired) electrons. The number of sulfone groups is 1. The van der Waals surface area contributed by atoms with Crippen molar-refractivity contribution in [2.24, 2.45) is 0 Å². The molecule has 0 atom stereocenters. The Hall–Kier alpha value is -1.89. The van der Waals surface area contributed by atoms with E-state index in [-0.39, 0.29) is 5.75 Å². The maximum absolute atomic E-state index is 11.2. The topological polar surface area (TPSA) is 89.2 Å². The number of nitrogen functional groups attached to an aromatic ring is 1. The molecular weight excluding hydrogens is 264 g/mol. The standard InChI is InChI=1S/C12H16N4O2S/c1-16(5-6-19(2,17)18)12-10-7-9(13)3-4-11(10)14-8-15-12/h3-4,7-8H,5-6,13H2,1-2H3. The Kier molecular flexibility index (Phi) is 3.57. The van der Waals surface area contributed by atoms with Gasteiger partial charge in [0.15, 0.2) is 0 Å². The molecule has 0 saturated heterocycles. The Morgan fingerprint density at radius 3 is 2.74 bits per heavy atom. The van der Waals surface area contributed by atoms with Gasteiger partial charge in [0, 0.05) is 30.9 Å². The van der Waals surface area contributed by atoms with Gasteiger partial charge in [-0.2, -0.15) is 0 Å². The quantitative estimate of drug-likeness (QED) is 0.829. The number of benzene rings is 1. The Labute approximate surface area is 112 Å². The normalized spacial score (nSPS) is 11.7. The number of hydrogen-bond acceptors (Lipinski definition) is 6. The second-order valence-electron chi connectivity index (χ2n) is 4.53. The van der Waals surface area contributed by atoms with Crippen molar-refractivity contribution >= 4 is 32.2 Å². The first-order chi connectivity index (χ1) is 8.87. The number of aromatic nitrogens is 2. The van der Waals surface area contributed by atoms with Gasteiger partial charge in [0.05, 0.1) is 11.3 Å². The van der Waals surface area contributed by atoms with Gasteiger partial charge in [-0.15, -0.1) is 0 Å². The highest BCUT2D eigenvalue weighted by Crippen LogP contribution is 2.23. The predicted octanol–water partition coefficient (Wildman–Crippen LogP) is 0.693. The molecule has 0 aliphatic heterocycles. The van der Waals surface area contributed by atoms with E-state index in [1.165, 1.54) is 12.6 Å². The fourth-order valence-corrected chi connectivity index (χ4v) is 2.38. The van der Waals surface area contributed by atoms with Crippen molar-refractivity contribution < 1.29 is 8.42 Å².